The summed E-state index contributed by atoms with van der Waals surface area (Å²) in [5.41, 5.74) is 2.20. The molecule has 1 saturated heterocycles. The Bertz CT molecular complexity index is 1090. The maximum Gasteiger partial charge on any atom is 0.251 e. The van der Waals surface area contributed by atoms with Crippen LogP contribution in [0.2, 0.25) is 0 Å². The van der Waals surface area contributed by atoms with Crippen molar-refractivity contribution in [1.82, 2.24) is 30.4 Å². The molecule has 3 aromatic rings. The molecule has 0 saturated carbocycles. The predicted molar refractivity (Wildman–Crippen MR) is 129 cm³/mol. The first-order valence-corrected chi connectivity index (χ1v) is 12.0. The largest absolute Gasteiger partial charge is 0.379 e. The maximum absolute atomic E-state index is 13.0. The number of carbonyl (C=O) groups excluding carboxylic acids is 2. The number of carbonyl (C=O) groups is 2. The molecular formula is C23H27N7O3S. The quantitative estimate of drug-likeness (QED) is 0.444. The number of aryl methyl sites for hydroxylation is 1. The third-order valence-electron chi connectivity index (χ3n) is 5.40. The minimum Gasteiger partial charge on any atom is -0.379 e. The molecule has 178 valence electrons. The summed E-state index contributed by atoms with van der Waals surface area (Å²) < 4.78 is 6.95. The molecule has 0 radical (unpaired) electrons. The monoisotopic (exact) mass is 481 g/mol. The molecule has 0 aliphatic carbocycles. The van der Waals surface area contributed by atoms with Gasteiger partial charge in [-0.05, 0) is 40.3 Å². The van der Waals surface area contributed by atoms with Crippen LogP contribution in [0, 0.1) is 0 Å². The van der Waals surface area contributed by atoms with Crippen molar-refractivity contribution in [3.63, 3.8) is 0 Å². The molecule has 1 aromatic heterocycles. The van der Waals surface area contributed by atoms with E-state index in [0.29, 0.717) is 36.2 Å². The average Bonchev–Trinajstić information content (AvgIpc) is 3.28. The van der Waals surface area contributed by atoms with E-state index in [1.807, 2.05) is 30.3 Å². The second kappa shape index (κ2) is 11.7. The summed E-state index contributed by atoms with van der Waals surface area (Å²) in [5, 5.41) is 17.7. The minimum atomic E-state index is -0.181. The van der Waals surface area contributed by atoms with Gasteiger partial charge in [-0.15, -0.1) is 5.10 Å². The van der Waals surface area contributed by atoms with E-state index in [1.54, 1.807) is 31.3 Å². The number of hydrogen-bond donors (Lipinski definition) is 2. The van der Waals surface area contributed by atoms with Crippen molar-refractivity contribution in [2.24, 2.45) is 7.05 Å². The van der Waals surface area contributed by atoms with Gasteiger partial charge in [-0.3, -0.25) is 14.5 Å². The average molecular weight is 482 g/mol. The number of nitrogens with zero attached hydrogens (tertiary/aromatic N) is 5. The highest BCUT2D eigenvalue weighted by molar-refractivity contribution is 7.99. The summed E-state index contributed by atoms with van der Waals surface area (Å²) in [5.74, 6) is -0.165. The fourth-order valence-electron chi connectivity index (χ4n) is 3.58. The molecule has 34 heavy (non-hydrogen) atoms. The van der Waals surface area contributed by atoms with Crippen molar-refractivity contribution in [1.29, 1.82) is 0 Å². The highest BCUT2D eigenvalue weighted by atomic mass is 32.2. The van der Waals surface area contributed by atoms with Gasteiger partial charge in [-0.1, -0.05) is 42.1 Å². The molecular weight excluding hydrogens is 454 g/mol. The lowest BCUT2D eigenvalue weighted by Gasteiger charge is -2.31. The molecule has 0 spiro atoms. The Morgan fingerprint density at radius 3 is 2.50 bits per heavy atom. The van der Waals surface area contributed by atoms with Crippen LogP contribution >= 0.6 is 11.8 Å². The number of aromatic nitrogens is 4. The number of nitrogens with one attached hydrogen (secondary N) is 2. The third kappa shape index (κ3) is 6.62. The summed E-state index contributed by atoms with van der Waals surface area (Å²) >= 11 is 1.25. The zero-order chi connectivity index (χ0) is 23.8. The normalized spacial score (nSPS) is 15.0. The molecule has 2 N–H and O–H groups in total. The van der Waals surface area contributed by atoms with Gasteiger partial charge in [0.2, 0.25) is 11.1 Å². The molecule has 10 nitrogen and oxygen atoms in total. The molecule has 4 rings (SSSR count). The Kier molecular flexibility index (Phi) is 8.23. The van der Waals surface area contributed by atoms with E-state index < -0.39 is 0 Å². The molecule has 1 fully saturated rings. The first-order valence-electron chi connectivity index (χ1n) is 11.0. The van der Waals surface area contributed by atoms with Crippen molar-refractivity contribution >= 4 is 29.3 Å². The van der Waals surface area contributed by atoms with Gasteiger partial charge in [-0.25, -0.2) is 4.68 Å². The van der Waals surface area contributed by atoms with Crippen LogP contribution in [0.5, 0.6) is 0 Å². The standard InChI is InChI=1S/C23H27N7O3S/c1-29-23(26-27-28-29)34-16-21(31)24-19-9-7-18(8-10-19)22(32)25-20(17-5-3-2-4-6-17)15-30-11-13-33-14-12-30/h2-10,20H,11-16H2,1H3,(H,24,31)(H,25,32)/t20-/m0/s1. The van der Waals surface area contributed by atoms with Gasteiger partial charge in [0.05, 0.1) is 25.0 Å². The van der Waals surface area contributed by atoms with Gasteiger partial charge in [0.15, 0.2) is 0 Å². The van der Waals surface area contributed by atoms with Gasteiger partial charge < -0.3 is 15.4 Å². The van der Waals surface area contributed by atoms with Crippen molar-refractivity contribution in [2.75, 3.05) is 43.9 Å². The smallest absolute Gasteiger partial charge is 0.251 e. The zero-order valence-electron chi connectivity index (χ0n) is 18.9. The number of morpholine rings is 1. The first-order chi connectivity index (χ1) is 16.6. The van der Waals surface area contributed by atoms with E-state index >= 15 is 0 Å². The number of tetrazole rings is 1. The maximum atomic E-state index is 13.0. The summed E-state index contributed by atoms with van der Waals surface area (Å²) in [6.07, 6.45) is 0. The van der Waals surface area contributed by atoms with Crippen LogP contribution in [0.4, 0.5) is 5.69 Å². The van der Waals surface area contributed by atoms with E-state index in [4.69, 9.17) is 4.74 Å². The van der Waals surface area contributed by atoms with Crippen LogP contribution in [0.15, 0.2) is 59.8 Å². The second-order valence-electron chi connectivity index (χ2n) is 7.85. The van der Waals surface area contributed by atoms with Gasteiger partial charge in [0, 0.05) is 37.9 Å². The summed E-state index contributed by atoms with van der Waals surface area (Å²) in [6, 6.07) is 16.7. The van der Waals surface area contributed by atoms with E-state index in [0.717, 1.165) is 18.7 Å². The van der Waals surface area contributed by atoms with Gasteiger partial charge in [-0.2, -0.15) is 0 Å². The number of anilines is 1. The van der Waals surface area contributed by atoms with Gasteiger partial charge >= 0.3 is 0 Å². The highest BCUT2D eigenvalue weighted by Crippen LogP contribution is 2.18. The fraction of sp³-hybridized carbons (Fsp3) is 0.348. The molecule has 0 unspecified atom stereocenters. The minimum absolute atomic E-state index is 0.140. The molecule has 2 amide bonds. The first kappa shape index (κ1) is 23.9. The number of hydrogen-bond acceptors (Lipinski definition) is 8. The van der Waals surface area contributed by atoms with Crippen LogP contribution in [0.25, 0.3) is 0 Å². The van der Waals surface area contributed by atoms with Crippen LogP contribution in [0.3, 0.4) is 0 Å². The Hall–Kier alpha value is -3.28. The molecule has 1 aliphatic heterocycles. The van der Waals surface area contributed by atoms with Crippen molar-refractivity contribution in [3.05, 3.63) is 65.7 Å². The Morgan fingerprint density at radius 2 is 1.82 bits per heavy atom. The summed E-state index contributed by atoms with van der Waals surface area (Å²) in [7, 11) is 1.72. The van der Waals surface area contributed by atoms with Gasteiger partial charge in [0.25, 0.3) is 5.91 Å². The van der Waals surface area contributed by atoms with Gasteiger partial charge in [0.1, 0.15) is 0 Å². The molecule has 2 heterocycles. The van der Waals surface area contributed by atoms with Crippen LogP contribution < -0.4 is 10.6 Å². The van der Waals surface area contributed by atoms with Crippen molar-refractivity contribution in [2.45, 2.75) is 11.2 Å². The van der Waals surface area contributed by atoms with Crippen molar-refractivity contribution in [3.8, 4) is 0 Å². The summed E-state index contributed by atoms with van der Waals surface area (Å²) in [4.78, 5) is 27.5. The lowest BCUT2D eigenvalue weighted by Crippen LogP contribution is -2.43. The predicted octanol–water partition coefficient (Wildman–Crippen LogP) is 1.74. The molecule has 0 bridgehead atoms. The molecule has 1 atom stereocenters. The summed E-state index contributed by atoms with van der Waals surface area (Å²) in [6.45, 7) is 3.82. The molecule has 11 heteroatoms. The van der Waals surface area contributed by atoms with Crippen LogP contribution in [-0.2, 0) is 16.6 Å². The van der Waals surface area contributed by atoms with Crippen LogP contribution in [-0.4, -0.2) is 75.5 Å². The number of ether oxygens (including phenoxy) is 1. The molecule has 1 aliphatic rings. The number of thioether (sulfide) groups is 1. The van der Waals surface area contributed by atoms with E-state index in [1.165, 1.54) is 16.4 Å². The Morgan fingerprint density at radius 1 is 1.09 bits per heavy atom. The SMILES string of the molecule is Cn1nnnc1SCC(=O)Nc1ccc(C(=O)N[C@@H](CN2CCOCC2)c2ccccc2)cc1. The topological polar surface area (TPSA) is 114 Å². The fourth-order valence-corrected chi connectivity index (χ4v) is 4.23. The van der Waals surface area contributed by atoms with Crippen molar-refractivity contribution < 1.29 is 14.3 Å². The number of amides is 2. The zero-order valence-corrected chi connectivity index (χ0v) is 19.7. The highest BCUT2D eigenvalue weighted by Gasteiger charge is 2.21. The van der Waals surface area contributed by atoms with E-state index in [-0.39, 0.29) is 23.6 Å². The second-order valence-corrected chi connectivity index (χ2v) is 8.79. The Labute approximate surface area is 202 Å². The number of rotatable bonds is 9. The van der Waals surface area contributed by atoms with Crippen LogP contribution in [0.1, 0.15) is 22.0 Å². The lowest BCUT2D eigenvalue weighted by molar-refractivity contribution is -0.113. The third-order valence-corrected chi connectivity index (χ3v) is 6.41. The van der Waals surface area contributed by atoms with E-state index in [2.05, 4.69) is 31.1 Å². The Balaban J connectivity index is 1.34. The number of benzene rings is 2. The lowest BCUT2D eigenvalue weighted by atomic mass is 10.1. The van der Waals surface area contributed by atoms with E-state index in [9.17, 15) is 9.59 Å². The molecule has 2 aromatic carbocycles.